The van der Waals surface area contributed by atoms with Gasteiger partial charge >= 0.3 is 0 Å². The normalized spacial score (nSPS) is 15.1. The van der Waals surface area contributed by atoms with Gasteiger partial charge in [-0.05, 0) is 50.7 Å². The molecule has 1 heterocycles. The third kappa shape index (κ3) is 4.82. The lowest BCUT2D eigenvalue weighted by Crippen LogP contribution is -2.25. The van der Waals surface area contributed by atoms with Crippen LogP contribution in [0.1, 0.15) is 73.5 Å². The van der Waals surface area contributed by atoms with Crippen molar-refractivity contribution in [2.24, 2.45) is 5.92 Å². The average Bonchev–Trinajstić information content (AvgIpc) is 3.00. The van der Waals surface area contributed by atoms with E-state index in [1.54, 1.807) is 0 Å². The van der Waals surface area contributed by atoms with E-state index in [9.17, 15) is 4.79 Å². The minimum absolute atomic E-state index is 0.0664. The van der Waals surface area contributed by atoms with Crippen LogP contribution in [0.3, 0.4) is 0 Å². The summed E-state index contributed by atoms with van der Waals surface area (Å²) in [5.41, 5.74) is 5.58. The van der Waals surface area contributed by atoms with Gasteiger partial charge in [-0.15, -0.1) is 0 Å². The highest BCUT2D eigenvalue weighted by molar-refractivity contribution is 5.97. The highest BCUT2D eigenvalue weighted by atomic mass is 16.1. The van der Waals surface area contributed by atoms with Crippen LogP contribution in [0, 0.1) is 19.8 Å². The first-order valence-corrected chi connectivity index (χ1v) is 10.7. The molecule has 0 aliphatic heterocycles. The second-order valence-corrected chi connectivity index (χ2v) is 8.12. The fourth-order valence-corrected chi connectivity index (χ4v) is 4.18. The van der Waals surface area contributed by atoms with Crippen molar-refractivity contribution in [1.82, 2.24) is 9.88 Å². The number of aryl methyl sites for hydroxylation is 1. The summed E-state index contributed by atoms with van der Waals surface area (Å²) < 4.78 is 2.40. The van der Waals surface area contributed by atoms with Crippen LogP contribution in [0.4, 0.5) is 0 Å². The molecule has 3 rings (SSSR count). The Balaban J connectivity index is 1.92. The predicted molar refractivity (Wildman–Crippen MR) is 113 cm³/mol. The molecule has 1 aromatic heterocycles. The van der Waals surface area contributed by atoms with Gasteiger partial charge in [0.25, 0.3) is 5.91 Å². The highest BCUT2D eigenvalue weighted by Gasteiger charge is 2.21. The third-order valence-electron chi connectivity index (χ3n) is 5.94. The van der Waals surface area contributed by atoms with Crippen LogP contribution in [-0.2, 0) is 6.54 Å². The molecule has 27 heavy (non-hydrogen) atoms. The number of rotatable bonds is 7. The Bertz CT molecular complexity index is 751. The number of nitrogens with one attached hydrogen (secondary N) is 1. The summed E-state index contributed by atoms with van der Waals surface area (Å²) in [6.07, 6.45) is 8.79. The van der Waals surface area contributed by atoms with Gasteiger partial charge in [-0.1, -0.05) is 62.4 Å². The monoisotopic (exact) mass is 366 g/mol. The lowest BCUT2D eigenvalue weighted by atomic mass is 9.89. The quantitative estimate of drug-likeness (QED) is 0.610. The summed E-state index contributed by atoms with van der Waals surface area (Å²) in [6.45, 7) is 8.14. The topological polar surface area (TPSA) is 34.0 Å². The number of hydrogen-bond acceptors (Lipinski definition) is 1. The van der Waals surface area contributed by atoms with E-state index in [4.69, 9.17) is 0 Å². The van der Waals surface area contributed by atoms with E-state index in [2.05, 4.69) is 61.0 Å². The maximum absolute atomic E-state index is 12.8. The lowest BCUT2D eigenvalue weighted by molar-refractivity contribution is 0.0952. The minimum Gasteiger partial charge on any atom is -0.352 e. The first kappa shape index (κ1) is 19.7. The number of unbranched alkanes of at least 4 members (excludes halogenated alkanes) is 1. The molecule has 146 valence electrons. The van der Waals surface area contributed by atoms with Gasteiger partial charge in [0.2, 0.25) is 0 Å². The van der Waals surface area contributed by atoms with Crippen LogP contribution in [0.25, 0.3) is 11.3 Å². The Kier molecular flexibility index (Phi) is 6.76. The summed E-state index contributed by atoms with van der Waals surface area (Å²) in [5, 5.41) is 3.09. The van der Waals surface area contributed by atoms with E-state index < -0.39 is 0 Å². The highest BCUT2D eigenvalue weighted by Crippen LogP contribution is 2.31. The van der Waals surface area contributed by atoms with Gasteiger partial charge in [-0.2, -0.15) is 0 Å². The molecule has 1 aromatic carbocycles. The van der Waals surface area contributed by atoms with Crippen LogP contribution in [-0.4, -0.2) is 17.0 Å². The molecule has 0 unspecified atom stereocenters. The molecule has 1 aliphatic carbocycles. The molecule has 0 atom stereocenters. The molecule has 1 amide bonds. The van der Waals surface area contributed by atoms with Gasteiger partial charge in [0.15, 0.2) is 0 Å². The summed E-state index contributed by atoms with van der Waals surface area (Å²) in [4.78, 5) is 12.8. The number of carbonyl (C=O) groups is 1. The molecule has 1 aliphatic rings. The molecule has 0 radical (unpaired) electrons. The van der Waals surface area contributed by atoms with Crippen molar-refractivity contribution in [1.29, 1.82) is 0 Å². The maximum Gasteiger partial charge on any atom is 0.253 e. The van der Waals surface area contributed by atoms with Crippen LogP contribution in [0.5, 0.6) is 0 Å². The minimum atomic E-state index is 0.0664. The second kappa shape index (κ2) is 9.25. The zero-order chi connectivity index (χ0) is 19.2. The molecule has 1 saturated carbocycles. The van der Waals surface area contributed by atoms with Gasteiger partial charge in [-0.3, -0.25) is 4.79 Å². The Morgan fingerprint density at radius 3 is 2.48 bits per heavy atom. The summed E-state index contributed by atoms with van der Waals surface area (Å²) in [6, 6.07) is 10.8. The van der Waals surface area contributed by atoms with Crippen molar-refractivity contribution >= 4 is 5.91 Å². The largest absolute Gasteiger partial charge is 0.352 e. The number of nitrogens with zero attached hydrogens (tertiary/aromatic N) is 1. The van der Waals surface area contributed by atoms with Gasteiger partial charge in [0.1, 0.15) is 0 Å². The molecule has 3 heteroatoms. The second-order valence-electron chi connectivity index (χ2n) is 8.12. The number of carbonyl (C=O) groups excluding carboxylic acids is 1. The van der Waals surface area contributed by atoms with Crippen molar-refractivity contribution in [3.8, 4) is 11.3 Å². The van der Waals surface area contributed by atoms with Crippen molar-refractivity contribution in [2.45, 2.75) is 72.3 Å². The molecular formula is C24H34N2O. The molecular weight excluding hydrogens is 332 g/mol. The Labute approximate surface area is 164 Å². The Hall–Kier alpha value is -2.03. The van der Waals surface area contributed by atoms with E-state index >= 15 is 0 Å². The Morgan fingerprint density at radius 2 is 1.81 bits per heavy atom. The SMILES string of the molecule is CCCCNC(=O)c1cc(-c2ccc(C)cc2)n(CC2CCCCC2)c1C. The standard InChI is InChI=1S/C24H34N2O/c1-4-5-15-25-24(27)22-16-23(21-13-11-18(2)12-14-21)26(19(22)3)17-20-9-7-6-8-10-20/h11-14,16,20H,4-10,15,17H2,1-3H3,(H,25,27). The first-order chi connectivity index (χ1) is 13.1. The number of hydrogen-bond donors (Lipinski definition) is 1. The van der Waals surface area contributed by atoms with Crippen molar-refractivity contribution < 1.29 is 4.79 Å². The van der Waals surface area contributed by atoms with E-state index in [1.807, 2.05) is 0 Å². The summed E-state index contributed by atoms with van der Waals surface area (Å²) in [5.74, 6) is 0.793. The number of amides is 1. The van der Waals surface area contributed by atoms with E-state index in [1.165, 1.54) is 48.9 Å². The molecule has 1 fully saturated rings. The predicted octanol–water partition coefficient (Wildman–Crippen LogP) is 5.88. The number of benzene rings is 1. The van der Waals surface area contributed by atoms with E-state index in [0.29, 0.717) is 0 Å². The maximum atomic E-state index is 12.8. The first-order valence-electron chi connectivity index (χ1n) is 10.7. The van der Waals surface area contributed by atoms with Crippen molar-refractivity contribution in [3.05, 3.63) is 47.2 Å². The van der Waals surface area contributed by atoms with Crippen molar-refractivity contribution in [2.75, 3.05) is 6.54 Å². The van der Waals surface area contributed by atoms with Crippen LogP contribution < -0.4 is 5.32 Å². The van der Waals surface area contributed by atoms with Gasteiger partial charge in [0.05, 0.1) is 5.56 Å². The fraction of sp³-hybridized carbons (Fsp3) is 0.542. The van der Waals surface area contributed by atoms with E-state index in [-0.39, 0.29) is 5.91 Å². The van der Waals surface area contributed by atoms with Crippen LogP contribution in [0.2, 0.25) is 0 Å². The van der Waals surface area contributed by atoms with Crippen LogP contribution in [0.15, 0.2) is 30.3 Å². The van der Waals surface area contributed by atoms with Gasteiger partial charge < -0.3 is 9.88 Å². The van der Waals surface area contributed by atoms with Crippen molar-refractivity contribution in [3.63, 3.8) is 0 Å². The molecule has 0 saturated heterocycles. The van der Waals surface area contributed by atoms with Gasteiger partial charge in [0, 0.05) is 24.5 Å². The number of aromatic nitrogens is 1. The molecule has 0 bridgehead atoms. The molecule has 1 N–H and O–H groups in total. The third-order valence-corrected chi connectivity index (χ3v) is 5.94. The van der Waals surface area contributed by atoms with E-state index in [0.717, 1.165) is 43.1 Å². The molecule has 0 spiro atoms. The van der Waals surface area contributed by atoms with Crippen LogP contribution >= 0.6 is 0 Å². The lowest BCUT2D eigenvalue weighted by Gasteiger charge is -2.24. The molecule has 3 nitrogen and oxygen atoms in total. The molecule has 2 aromatic rings. The average molecular weight is 367 g/mol. The van der Waals surface area contributed by atoms with Gasteiger partial charge in [-0.25, -0.2) is 0 Å². The summed E-state index contributed by atoms with van der Waals surface area (Å²) >= 11 is 0. The summed E-state index contributed by atoms with van der Waals surface area (Å²) in [7, 11) is 0. The Morgan fingerprint density at radius 1 is 1.11 bits per heavy atom. The zero-order valence-electron chi connectivity index (χ0n) is 17.2. The zero-order valence-corrected chi connectivity index (χ0v) is 17.2. The smallest absolute Gasteiger partial charge is 0.253 e. The fourth-order valence-electron chi connectivity index (χ4n) is 4.18.